The second kappa shape index (κ2) is 7.81. The van der Waals surface area contributed by atoms with Crippen LogP contribution in [0, 0.1) is 5.92 Å². The zero-order valence-electron chi connectivity index (χ0n) is 18.4. The van der Waals surface area contributed by atoms with E-state index in [9.17, 15) is 18.0 Å². The third-order valence-corrected chi connectivity index (χ3v) is 8.36. The lowest BCUT2D eigenvalue weighted by Gasteiger charge is -2.42. The third-order valence-electron chi connectivity index (χ3n) is 6.56. The van der Waals surface area contributed by atoms with Gasteiger partial charge in [-0.15, -0.1) is 0 Å². The van der Waals surface area contributed by atoms with Gasteiger partial charge in [0.25, 0.3) is 10.0 Å². The predicted octanol–water partition coefficient (Wildman–Crippen LogP) is 3.35. The molecule has 2 aromatic carbocycles. The Morgan fingerprint density at radius 1 is 1.00 bits per heavy atom. The van der Waals surface area contributed by atoms with Crippen molar-refractivity contribution in [3.8, 4) is 0 Å². The number of ether oxygens (including phenoxy) is 2. The number of methoxy groups -OCH3 is 2. The number of nitrogens with zero attached hydrogens (tertiary/aromatic N) is 2. The molecule has 8 nitrogen and oxygen atoms in total. The molecule has 32 heavy (non-hydrogen) atoms. The third kappa shape index (κ3) is 2.91. The number of likely N-dealkylation sites (tertiary alicyclic amines) is 1. The SMILES string of the molecule is COC(=O)N1[C@@H]2[C@H](C[C@]1(C(=O)OC)C(C)C)c1ccccc1N2S(=O)(=O)c1ccccc1. The first kappa shape index (κ1) is 22.1. The Bertz CT molecular complexity index is 1150. The Balaban J connectivity index is 1.99. The van der Waals surface area contributed by atoms with Crippen LogP contribution in [0.5, 0.6) is 0 Å². The van der Waals surface area contributed by atoms with E-state index in [1.807, 2.05) is 26.0 Å². The number of benzene rings is 2. The van der Waals surface area contributed by atoms with E-state index in [1.165, 1.54) is 35.6 Å². The molecule has 2 aromatic rings. The number of esters is 1. The van der Waals surface area contributed by atoms with Crippen LogP contribution in [0.4, 0.5) is 10.5 Å². The van der Waals surface area contributed by atoms with Gasteiger partial charge in [-0.05, 0) is 36.1 Å². The Morgan fingerprint density at radius 2 is 1.62 bits per heavy atom. The maximum absolute atomic E-state index is 13.8. The topological polar surface area (TPSA) is 93.2 Å². The number of carbonyl (C=O) groups is 2. The maximum atomic E-state index is 13.8. The van der Waals surface area contributed by atoms with E-state index in [-0.39, 0.29) is 17.2 Å². The first-order chi connectivity index (χ1) is 15.2. The van der Waals surface area contributed by atoms with Crippen molar-refractivity contribution in [2.75, 3.05) is 18.5 Å². The number of anilines is 1. The first-order valence-corrected chi connectivity index (χ1v) is 11.8. The number of rotatable bonds is 4. The van der Waals surface area contributed by atoms with Crippen LogP contribution in [-0.2, 0) is 24.3 Å². The summed E-state index contributed by atoms with van der Waals surface area (Å²) in [5.41, 5.74) is -0.130. The highest BCUT2D eigenvalue weighted by Gasteiger charge is 2.66. The molecule has 1 saturated heterocycles. The fourth-order valence-electron chi connectivity index (χ4n) is 5.09. The summed E-state index contributed by atoms with van der Waals surface area (Å²) in [6, 6.07) is 15.2. The van der Waals surface area contributed by atoms with Crippen molar-refractivity contribution >= 4 is 27.8 Å². The number of hydrogen-bond donors (Lipinski definition) is 0. The Hall–Kier alpha value is -3.07. The van der Waals surface area contributed by atoms with Gasteiger partial charge < -0.3 is 9.47 Å². The monoisotopic (exact) mass is 458 g/mol. The number of hydrogen-bond acceptors (Lipinski definition) is 6. The molecule has 0 spiro atoms. The number of carbonyl (C=O) groups excluding carboxylic acids is 2. The molecule has 0 radical (unpaired) electrons. The average molecular weight is 459 g/mol. The lowest BCUT2D eigenvalue weighted by molar-refractivity contribution is -0.156. The molecule has 1 amide bonds. The summed E-state index contributed by atoms with van der Waals surface area (Å²) in [6.45, 7) is 3.63. The molecule has 170 valence electrons. The standard InChI is InChI=1S/C23H26N2O6S/c1-15(2)23(21(26)30-3)14-18-17-12-8-9-13-19(17)25(20(18)24(23)22(27)31-4)32(28,29)16-10-6-5-7-11-16/h5-13,15,18,20H,14H2,1-4H3/t18-,20+,23-/m1/s1. The van der Waals surface area contributed by atoms with Gasteiger partial charge in [-0.25, -0.2) is 22.3 Å². The fourth-order valence-corrected chi connectivity index (χ4v) is 6.77. The fraction of sp³-hybridized carbons (Fsp3) is 0.391. The summed E-state index contributed by atoms with van der Waals surface area (Å²) in [5, 5.41) is 0. The first-order valence-electron chi connectivity index (χ1n) is 10.4. The van der Waals surface area contributed by atoms with Crippen LogP contribution in [0.25, 0.3) is 0 Å². The van der Waals surface area contributed by atoms with E-state index in [0.717, 1.165) is 5.56 Å². The van der Waals surface area contributed by atoms with Crippen molar-refractivity contribution in [3.63, 3.8) is 0 Å². The quantitative estimate of drug-likeness (QED) is 0.653. The van der Waals surface area contributed by atoms with Crippen LogP contribution >= 0.6 is 0 Å². The minimum atomic E-state index is -4.06. The van der Waals surface area contributed by atoms with Crippen molar-refractivity contribution in [1.82, 2.24) is 4.90 Å². The van der Waals surface area contributed by atoms with Gasteiger partial charge in [0, 0.05) is 5.92 Å². The summed E-state index contributed by atoms with van der Waals surface area (Å²) < 4.78 is 39.1. The van der Waals surface area contributed by atoms with Gasteiger partial charge in [0.05, 0.1) is 24.8 Å². The lowest BCUT2D eigenvalue weighted by Crippen LogP contribution is -2.62. The predicted molar refractivity (Wildman–Crippen MR) is 118 cm³/mol. The summed E-state index contributed by atoms with van der Waals surface area (Å²) in [4.78, 5) is 27.6. The lowest BCUT2D eigenvalue weighted by atomic mass is 9.80. The van der Waals surface area contributed by atoms with Gasteiger partial charge in [-0.2, -0.15) is 0 Å². The van der Waals surface area contributed by atoms with Crippen molar-refractivity contribution in [1.29, 1.82) is 0 Å². The number of sulfonamides is 1. The van der Waals surface area contributed by atoms with E-state index < -0.39 is 39.7 Å². The summed E-state index contributed by atoms with van der Waals surface area (Å²) in [6.07, 6.45) is -1.53. The largest absolute Gasteiger partial charge is 0.467 e. The highest BCUT2D eigenvalue weighted by Crippen LogP contribution is 2.57. The van der Waals surface area contributed by atoms with Gasteiger partial charge in [-0.1, -0.05) is 50.2 Å². The highest BCUT2D eigenvalue weighted by molar-refractivity contribution is 7.92. The van der Waals surface area contributed by atoms with Gasteiger partial charge in [-0.3, -0.25) is 4.90 Å². The molecule has 0 N–H and O–H groups in total. The molecule has 0 aromatic heterocycles. The molecule has 2 aliphatic heterocycles. The van der Waals surface area contributed by atoms with Crippen LogP contribution in [0.15, 0.2) is 59.5 Å². The molecular weight excluding hydrogens is 432 g/mol. The molecule has 2 heterocycles. The van der Waals surface area contributed by atoms with Crippen LogP contribution in [0.1, 0.15) is 31.7 Å². The van der Waals surface area contributed by atoms with E-state index in [4.69, 9.17) is 9.47 Å². The van der Waals surface area contributed by atoms with Crippen molar-refractivity contribution in [2.24, 2.45) is 5.92 Å². The van der Waals surface area contributed by atoms with Crippen molar-refractivity contribution in [3.05, 3.63) is 60.2 Å². The molecule has 0 saturated carbocycles. The molecule has 3 atom stereocenters. The molecule has 0 unspecified atom stereocenters. The van der Waals surface area contributed by atoms with Gasteiger partial charge in [0.15, 0.2) is 0 Å². The Kier molecular flexibility index (Phi) is 5.40. The van der Waals surface area contributed by atoms with E-state index in [2.05, 4.69) is 0 Å². The zero-order chi connectivity index (χ0) is 23.3. The van der Waals surface area contributed by atoms with Crippen LogP contribution in [0.3, 0.4) is 0 Å². The number of fused-ring (bicyclic) bond motifs is 3. The second-order valence-corrected chi connectivity index (χ2v) is 10.1. The molecular formula is C23H26N2O6S. The minimum Gasteiger partial charge on any atom is -0.467 e. The summed E-state index contributed by atoms with van der Waals surface area (Å²) >= 11 is 0. The van der Waals surface area contributed by atoms with Crippen LogP contribution in [0.2, 0.25) is 0 Å². The molecule has 2 aliphatic rings. The number of para-hydroxylation sites is 1. The highest BCUT2D eigenvalue weighted by atomic mass is 32.2. The molecule has 9 heteroatoms. The Labute approximate surface area is 187 Å². The number of amides is 1. The van der Waals surface area contributed by atoms with E-state index in [1.54, 1.807) is 30.3 Å². The van der Waals surface area contributed by atoms with Gasteiger partial charge >= 0.3 is 12.1 Å². The normalized spacial score (nSPS) is 24.3. The molecule has 1 fully saturated rings. The van der Waals surface area contributed by atoms with Gasteiger partial charge in [0.1, 0.15) is 11.7 Å². The van der Waals surface area contributed by atoms with E-state index >= 15 is 0 Å². The molecule has 0 bridgehead atoms. The molecule has 4 rings (SSSR count). The van der Waals surface area contributed by atoms with Crippen molar-refractivity contribution < 1.29 is 27.5 Å². The second-order valence-electron chi connectivity index (χ2n) is 8.31. The summed E-state index contributed by atoms with van der Waals surface area (Å²) in [7, 11) is -1.57. The Morgan fingerprint density at radius 3 is 2.22 bits per heavy atom. The van der Waals surface area contributed by atoms with E-state index in [0.29, 0.717) is 5.69 Å². The van der Waals surface area contributed by atoms with Crippen LogP contribution < -0.4 is 4.31 Å². The van der Waals surface area contributed by atoms with Gasteiger partial charge in [0.2, 0.25) is 0 Å². The summed E-state index contributed by atoms with van der Waals surface area (Å²) in [5.74, 6) is -1.37. The molecule has 0 aliphatic carbocycles. The average Bonchev–Trinajstić information content (AvgIpc) is 3.31. The van der Waals surface area contributed by atoms with Crippen LogP contribution in [-0.4, -0.2) is 51.3 Å². The smallest absolute Gasteiger partial charge is 0.412 e. The minimum absolute atomic E-state index is 0.0976. The zero-order valence-corrected chi connectivity index (χ0v) is 19.2. The maximum Gasteiger partial charge on any atom is 0.412 e. The van der Waals surface area contributed by atoms with Crippen molar-refractivity contribution in [2.45, 2.75) is 42.8 Å².